The highest BCUT2D eigenvalue weighted by Crippen LogP contribution is 2.39. The molecule has 0 atom stereocenters. The van der Waals surface area contributed by atoms with Crippen molar-refractivity contribution in [1.29, 1.82) is 0 Å². The number of amides is 1. The number of para-hydroxylation sites is 1. The summed E-state index contributed by atoms with van der Waals surface area (Å²) in [6.07, 6.45) is 8.02. The maximum Gasteiger partial charge on any atom is 0.272 e. The van der Waals surface area contributed by atoms with Crippen LogP contribution in [0.4, 0.5) is 0 Å². The van der Waals surface area contributed by atoms with E-state index >= 15 is 0 Å². The Morgan fingerprint density at radius 2 is 1.79 bits per heavy atom. The van der Waals surface area contributed by atoms with Crippen molar-refractivity contribution in [2.45, 2.75) is 45.1 Å². The molecule has 7 heteroatoms. The van der Waals surface area contributed by atoms with E-state index in [1.807, 2.05) is 17.0 Å². The van der Waals surface area contributed by atoms with Crippen LogP contribution in [0.1, 0.15) is 53.7 Å². The number of pyridine rings is 1. The normalized spacial score (nSPS) is 18.4. The number of aromatic nitrogens is 1. The topological polar surface area (TPSA) is 54.9 Å². The van der Waals surface area contributed by atoms with Gasteiger partial charge in [0.1, 0.15) is 23.8 Å². The van der Waals surface area contributed by atoms with Crippen LogP contribution in [-0.4, -0.2) is 60.6 Å². The fourth-order valence-corrected chi connectivity index (χ4v) is 6.08. The molecule has 0 radical (unpaired) electrons. The van der Waals surface area contributed by atoms with E-state index in [4.69, 9.17) is 21.1 Å². The number of fused-ring (bicyclic) bond motifs is 1. The zero-order valence-corrected chi connectivity index (χ0v) is 23.5. The van der Waals surface area contributed by atoms with Gasteiger partial charge in [0.2, 0.25) is 0 Å². The van der Waals surface area contributed by atoms with Gasteiger partial charge in [0.15, 0.2) is 0 Å². The Labute approximate surface area is 236 Å². The molecule has 1 fully saturated rings. The van der Waals surface area contributed by atoms with E-state index in [0.29, 0.717) is 17.3 Å². The van der Waals surface area contributed by atoms with Gasteiger partial charge in [-0.2, -0.15) is 0 Å². The molecule has 1 aromatic heterocycles. The first-order valence-corrected chi connectivity index (χ1v) is 14.4. The molecule has 1 saturated heterocycles. The maximum absolute atomic E-state index is 13.1. The van der Waals surface area contributed by atoms with Crippen LogP contribution in [-0.2, 0) is 13.0 Å². The number of likely N-dealkylation sites (tertiary alicyclic amines) is 1. The van der Waals surface area contributed by atoms with Crippen molar-refractivity contribution in [3.8, 4) is 11.5 Å². The third-order valence-electron chi connectivity index (χ3n) is 8.22. The summed E-state index contributed by atoms with van der Waals surface area (Å²) in [6, 6.07) is 20.3. The van der Waals surface area contributed by atoms with Crippen molar-refractivity contribution < 1.29 is 14.3 Å². The molecule has 2 aromatic carbocycles. The molecule has 0 saturated carbocycles. The lowest BCUT2D eigenvalue weighted by Gasteiger charge is -2.45. The largest absolute Gasteiger partial charge is 0.497 e. The molecule has 0 bridgehead atoms. The molecule has 3 aromatic rings. The van der Waals surface area contributed by atoms with Gasteiger partial charge in [0.25, 0.3) is 5.91 Å². The second kappa shape index (κ2) is 12.8. The number of methoxy groups -OCH3 is 1. The van der Waals surface area contributed by atoms with Crippen molar-refractivity contribution in [2.75, 3.05) is 39.9 Å². The summed E-state index contributed by atoms with van der Waals surface area (Å²) in [5.74, 6) is 1.88. The summed E-state index contributed by atoms with van der Waals surface area (Å²) in [6.45, 7) is 4.84. The summed E-state index contributed by atoms with van der Waals surface area (Å²) >= 11 is 5.98. The van der Waals surface area contributed by atoms with Crippen LogP contribution in [0.5, 0.6) is 11.5 Å². The van der Waals surface area contributed by atoms with Gasteiger partial charge >= 0.3 is 0 Å². The minimum absolute atomic E-state index is 0.00485. The van der Waals surface area contributed by atoms with Crippen molar-refractivity contribution in [3.05, 3.63) is 88.7 Å². The fraction of sp³-hybridized carbons (Fsp3) is 0.438. The van der Waals surface area contributed by atoms with Crippen LogP contribution in [0.25, 0.3) is 0 Å². The fourth-order valence-electron chi connectivity index (χ4n) is 5.96. The van der Waals surface area contributed by atoms with Crippen LogP contribution >= 0.6 is 11.6 Å². The van der Waals surface area contributed by atoms with Gasteiger partial charge in [-0.05, 0) is 79.0 Å². The predicted molar refractivity (Wildman–Crippen MR) is 155 cm³/mol. The minimum Gasteiger partial charge on any atom is -0.497 e. The molecular formula is C32H38ClN3O3. The number of halogens is 1. The van der Waals surface area contributed by atoms with Gasteiger partial charge in [-0.3, -0.25) is 9.69 Å². The Bertz CT molecular complexity index is 1220. The Hall–Kier alpha value is -3.09. The molecule has 2 aliphatic heterocycles. The molecule has 1 spiro atoms. The number of benzene rings is 2. The average Bonchev–Trinajstić information content (AvgIpc) is 2.96. The monoisotopic (exact) mass is 547 g/mol. The van der Waals surface area contributed by atoms with Gasteiger partial charge in [0, 0.05) is 38.9 Å². The number of carbonyl (C=O) groups excluding carboxylic acids is 1. The predicted octanol–water partition coefficient (Wildman–Crippen LogP) is 6.27. The third-order valence-corrected chi connectivity index (χ3v) is 8.45. The summed E-state index contributed by atoms with van der Waals surface area (Å²) in [7, 11) is 1.70. The number of nitrogens with zero attached hydrogens (tertiary/aromatic N) is 3. The summed E-state index contributed by atoms with van der Waals surface area (Å²) < 4.78 is 11.7. The second-order valence-corrected chi connectivity index (χ2v) is 11.3. The van der Waals surface area contributed by atoms with Crippen LogP contribution in [0.15, 0.2) is 66.9 Å². The smallest absolute Gasteiger partial charge is 0.272 e. The van der Waals surface area contributed by atoms with E-state index in [1.54, 1.807) is 25.4 Å². The standard InChI is InChI=1S/C32H38ClN3O3/c1-38-28-12-9-25(10-13-28)23-35-20-21-39-30-8-3-2-6-26(30)7-4-5-15-32(24-35)16-18-36(19-17-32)31(37)29-14-11-27(33)22-34-29/h2-3,6,8-14,22H,4-5,7,15-21,23-24H2,1H3. The van der Waals surface area contributed by atoms with Crippen LogP contribution in [0.3, 0.4) is 0 Å². The first-order valence-electron chi connectivity index (χ1n) is 14.0. The SMILES string of the molecule is COc1ccc(CN2CCOc3ccccc3CCCCC3(CCN(C(=O)c4ccc(Cl)cn4)CC3)C2)cc1. The molecule has 0 N–H and O–H groups in total. The molecule has 5 rings (SSSR count). The van der Waals surface area contributed by atoms with Crippen molar-refractivity contribution in [3.63, 3.8) is 0 Å². The number of ether oxygens (including phenoxy) is 2. The first kappa shape index (κ1) is 27.5. The van der Waals surface area contributed by atoms with E-state index in [1.165, 1.54) is 11.1 Å². The van der Waals surface area contributed by atoms with Gasteiger partial charge in [-0.1, -0.05) is 48.4 Å². The molecule has 1 amide bonds. The van der Waals surface area contributed by atoms with E-state index in [-0.39, 0.29) is 11.3 Å². The molecule has 3 heterocycles. The van der Waals surface area contributed by atoms with Crippen LogP contribution in [0.2, 0.25) is 5.02 Å². The lowest BCUT2D eigenvalue weighted by Crippen LogP contribution is -2.48. The number of piperidine rings is 1. The molecule has 2 aliphatic rings. The third kappa shape index (κ3) is 7.11. The van der Waals surface area contributed by atoms with Crippen molar-refractivity contribution in [2.24, 2.45) is 5.41 Å². The summed E-state index contributed by atoms with van der Waals surface area (Å²) in [5, 5.41) is 0.543. The molecule has 206 valence electrons. The van der Waals surface area contributed by atoms with Gasteiger partial charge in [0.05, 0.1) is 12.1 Å². The van der Waals surface area contributed by atoms with Crippen LogP contribution < -0.4 is 9.47 Å². The van der Waals surface area contributed by atoms with E-state index in [9.17, 15) is 4.79 Å². The minimum atomic E-state index is -0.00485. The van der Waals surface area contributed by atoms with E-state index in [2.05, 4.69) is 46.3 Å². The van der Waals surface area contributed by atoms with Crippen LogP contribution in [0, 0.1) is 5.41 Å². The highest BCUT2D eigenvalue weighted by Gasteiger charge is 2.37. The lowest BCUT2D eigenvalue weighted by atomic mass is 9.73. The van der Waals surface area contributed by atoms with Gasteiger partial charge < -0.3 is 14.4 Å². The lowest BCUT2D eigenvalue weighted by molar-refractivity contribution is 0.0357. The van der Waals surface area contributed by atoms with Crippen molar-refractivity contribution >= 4 is 17.5 Å². The molecular weight excluding hydrogens is 510 g/mol. The number of rotatable bonds is 4. The summed E-state index contributed by atoms with van der Waals surface area (Å²) in [5.41, 5.74) is 3.19. The molecule has 39 heavy (non-hydrogen) atoms. The summed E-state index contributed by atoms with van der Waals surface area (Å²) in [4.78, 5) is 21.9. The zero-order valence-electron chi connectivity index (χ0n) is 22.8. The Kier molecular flexibility index (Phi) is 9.05. The second-order valence-electron chi connectivity index (χ2n) is 10.9. The Morgan fingerprint density at radius 1 is 1.00 bits per heavy atom. The Morgan fingerprint density at radius 3 is 2.54 bits per heavy atom. The first-order chi connectivity index (χ1) is 19.0. The highest BCUT2D eigenvalue weighted by atomic mass is 35.5. The number of hydrogen-bond acceptors (Lipinski definition) is 5. The van der Waals surface area contributed by atoms with E-state index in [0.717, 1.165) is 82.7 Å². The van der Waals surface area contributed by atoms with Gasteiger partial charge in [-0.15, -0.1) is 0 Å². The zero-order chi connectivity index (χ0) is 27.1. The van der Waals surface area contributed by atoms with Crippen molar-refractivity contribution in [1.82, 2.24) is 14.8 Å². The quantitative estimate of drug-likeness (QED) is 0.385. The Balaban J connectivity index is 1.32. The molecule has 0 unspecified atom stereocenters. The van der Waals surface area contributed by atoms with Gasteiger partial charge in [-0.25, -0.2) is 4.98 Å². The highest BCUT2D eigenvalue weighted by molar-refractivity contribution is 6.30. The number of hydrogen-bond donors (Lipinski definition) is 0. The molecule has 6 nitrogen and oxygen atoms in total. The molecule has 0 aliphatic carbocycles. The number of carbonyl (C=O) groups is 1. The average molecular weight is 548 g/mol. The number of aryl methyl sites for hydroxylation is 1. The van der Waals surface area contributed by atoms with E-state index < -0.39 is 0 Å². The maximum atomic E-state index is 13.1.